The minimum Gasteiger partial charge on any atom is -0.353 e. The van der Waals surface area contributed by atoms with Gasteiger partial charge in [-0.2, -0.15) is 0 Å². The molecule has 1 aliphatic carbocycles. The molecule has 1 saturated heterocycles. The summed E-state index contributed by atoms with van der Waals surface area (Å²) in [7, 11) is 0. The average Bonchev–Trinajstić information content (AvgIpc) is 2.33. The number of hydrogen-bond donors (Lipinski definition) is 3. The van der Waals surface area contributed by atoms with Gasteiger partial charge in [-0.3, -0.25) is 4.79 Å². The number of nitrogens with two attached hydrogens (primary N) is 1. The van der Waals surface area contributed by atoms with Crippen molar-refractivity contribution in [3.8, 4) is 0 Å². The maximum absolute atomic E-state index is 12.0. The molecule has 4 nitrogen and oxygen atoms in total. The number of rotatable bonds is 2. The molecular formula is C12H23N3O. The standard InChI is InChI=1S/C12H23N3O/c13-10-3-5-11(6-4-10)15-12(16)9-2-1-7-14-8-9/h9-11,14H,1-8,13H2,(H,15,16)/t9-,10?,11?/m1/s1. The first-order valence-corrected chi connectivity index (χ1v) is 6.52. The molecule has 2 rings (SSSR count). The highest BCUT2D eigenvalue weighted by Gasteiger charge is 2.25. The van der Waals surface area contributed by atoms with E-state index in [4.69, 9.17) is 5.73 Å². The molecule has 2 aliphatic rings. The van der Waals surface area contributed by atoms with Gasteiger partial charge in [0.2, 0.25) is 5.91 Å². The van der Waals surface area contributed by atoms with Crippen LogP contribution in [0.15, 0.2) is 0 Å². The van der Waals surface area contributed by atoms with Crippen LogP contribution >= 0.6 is 0 Å². The van der Waals surface area contributed by atoms with Gasteiger partial charge in [-0.25, -0.2) is 0 Å². The molecule has 0 radical (unpaired) electrons. The van der Waals surface area contributed by atoms with Gasteiger partial charge in [0.1, 0.15) is 0 Å². The Balaban J connectivity index is 1.73. The largest absolute Gasteiger partial charge is 0.353 e. The predicted molar refractivity (Wildman–Crippen MR) is 64.0 cm³/mol. The van der Waals surface area contributed by atoms with Crippen molar-refractivity contribution >= 4 is 5.91 Å². The van der Waals surface area contributed by atoms with E-state index in [-0.39, 0.29) is 11.8 Å². The van der Waals surface area contributed by atoms with Crippen LogP contribution < -0.4 is 16.4 Å². The highest BCUT2D eigenvalue weighted by Crippen LogP contribution is 2.18. The molecule has 0 spiro atoms. The van der Waals surface area contributed by atoms with Gasteiger partial charge in [0.05, 0.1) is 5.92 Å². The van der Waals surface area contributed by atoms with Crippen LogP contribution in [0.3, 0.4) is 0 Å². The normalized spacial score (nSPS) is 35.7. The Morgan fingerprint density at radius 3 is 2.56 bits per heavy atom. The van der Waals surface area contributed by atoms with Crippen LogP contribution in [0.5, 0.6) is 0 Å². The van der Waals surface area contributed by atoms with E-state index in [1.165, 1.54) is 0 Å². The number of piperidine rings is 1. The monoisotopic (exact) mass is 225 g/mol. The molecule has 92 valence electrons. The fourth-order valence-electron chi connectivity index (χ4n) is 2.66. The number of hydrogen-bond acceptors (Lipinski definition) is 3. The molecule has 0 unspecified atom stereocenters. The minimum atomic E-state index is 0.185. The molecule has 4 heteroatoms. The third kappa shape index (κ3) is 3.19. The lowest BCUT2D eigenvalue weighted by atomic mass is 9.91. The summed E-state index contributed by atoms with van der Waals surface area (Å²) < 4.78 is 0. The van der Waals surface area contributed by atoms with Crippen LogP contribution in [0.4, 0.5) is 0 Å². The summed E-state index contributed by atoms with van der Waals surface area (Å²) in [6.07, 6.45) is 6.35. The lowest BCUT2D eigenvalue weighted by Crippen LogP contribution is -2.46. The first-order chi connectivity index (χ1) is 7.75. The first kappa shape index (κ1) is 11.9. The van der Waals surface area contributed by atoms with Crippen molar-refractivity contribution in [3.05, 3.63) is 0 Å². The van der Waals surface area contributed by atoms with Crippen molar-refractivity contribution in [2.24, 2.45) is 11.7 Å². The fourth-order valence-corrected chi connectivity index (χ4v) is 2.66. The molecule has 0 aromatic rings. The van der Waals surface area contributed by atoms with Gasteiger partial charge in [-0.05, 0) is 45.1 Å². The molecule has 1 aliphatic heterocycles. The molecular weight excluding hydrogens is 202 g/mol. The maximum Gasteiger partial charge on any atom is 0.224 e. The lowest BCUT2D eigenvalue weighted by molar-refractivity contribution is -0.126. The van der Waals surface area contributed by atoms with E-state index in [0.717, 1.165) is 51.6 Å². The smallest absolute Gasteiger partial charge is 0.224 e. The molecule has 2 fully saturated rings. The van der Waals surface area contributed by atoms with Gasteiger partial charge < -0.3 is 16.4 Å². The Bertz CT molecular complexity index is 230. The van der Waals surface area contributed by atoms with Gasteiger partial charge >= 0.3 is 0 Å². The number of nitrogens with one attached hydrogen (secondary N) is 2. The van der Waals surface area contributed by atoms with Gasteiger partial charge in [-0.15, -0.1) is 0 Å². The fraction of sp³-hybridized carbons (Fsp3) is 0.917. The van der Waals surface area contributed by atoms with Crippen LogP contribution in [0.1, 0.15) is 38.5 Å². The van der Waals surface area contributed by atoms with Crippen LogP contribution in [0, 0.1) is 5.92 Å². The Morgan fingerprint density at radius 1 is 1.19 bits per heavy atom. The summed E-state index contributed by atoms with van der Waals surface area (Å²) in [6, 6.07) is 0.721. The quantitative estimate of drug-likeness (QED) is 0.636. The summed E-state index contributed by atoms with van der Waals surface area (Å²) in [5, 5.41) is 6.45. The average molecular weight is 225 g/mol. The summed E-state index contributed by atoms with van der Waals surface area (Å²) >= 11 is 0. The van der Waals surface area contributed by atoms with Crippen molar-refractivity contribution in [2.75, 3.05) is 13.1 Å². The molecule has 1 amide bonds. The van der Waals surface area contributed by atoms with Crippen molar-refractivity contribution in [1.82, 2.24) is 10.6 Å². The number of carbonyl (C=O) groups is 1. The van der Waals surface area contributed by atoms with Crippen LogP contribution in [-0.4, -0.2) is 31.1 Å². The number of carbonyl (C=O) groups excluding carboxylic acids is 1. The molecule has 1 saturated carbocycles. The van der Waals surface area contributed by atoms with Crippen molar-refractivity contribution in [1.29, 1.82) is 0 Å². The van der Waals surface area contributed by atoms with Gasteiger partial charge in [0.15, 0.2) is 0 Å². The zero-order valence-corrected chi connectivity index (χ0v) is 9.87. The zero-order chi connectivity index (χ0) is 11.4. The molecule has 0 aromatic carbocycles. The van der Waals surface area contributed by atoms with Crippen molar-refractivity contribution in [2.45, 2.75) is 50.6 Å². The summed E-state index contributed by atoms with van der Waals surface area (Å²) in [5.74, 6) is 0.428. The van der Waals surface area contributed by atoms with E-state index in [2.05, 4.69) is 10.6 Å². The van der Waals surface area contributed by atoms with Gasteiger partial charge in [0.25, 0.3) is 0 Å². The molecule has 16 heavy (non-hydrogen) atoms. The van der Waals surface area contributed by atoms with E-state index in [9.17, 15) is 4.79 Å². The Labute approximate surface area is 97.3 Å². The molecule has 1 atom stereocenters. The second-order valence-electron chi connectivity index (χ2n) is 5.16. The molecule has 1 heterocycles. The van der Waals surface area contributed by atoms with E-state index in [0.29, 0.717) is 12.1 Å². The zero-order valence-electron chi connectivity index (χ0n) is 9.87. The van der Waals surface area contributed by atoms with E-state index in [1.807, 2.05) is 0 Å². The molecule has 4 N–H and O–H groups in total. The van der Waals surface area contributed by atoms with Crippen molar-refractivity contribution < 1.29 is 4.79 Å². The Morgan fingerprint density at radius 2 is 1.94 bits per heavy atom. The van der Waals surface area contributed by atoms with Gasteiger partial charge in [-0.1, -0.05) is 0 Å². The minimum absolute atomic E-state index is 0.185. The van der Waals surface area contributed by atoms with Crippen LogP contribution in [0.2, 0.25) is 0 Å². The third-order valence-electron chi connectivity index (χ3n) is 3.79. The Hall–Kier alpha value is -0.610. The van der Waals surface area contributed by atoms with Crippen LogP contribution in [0.25, 0.3) is 0 Å². The van der Waals surface area contributed by atoms with Crippen molar-refractivity contribution in [3.63, 3.8) is 0 Å². The Kier molecular flexibility index (Phi) is 4.18. The van der Waals surface area contributed by atoms with Crippen LogP contribution in [-0.2, 0) is 4.79 Å². The van der Waals surface area contributed by atoms with E-state index >= 15 is 0 Å². The molecule has 0 bridgehead atoms. The van der Waals surface area contributed by atoms with E-state index in [1.54, 1.807) is 0 Å². The molecule has 0 aromatic heterocycles. The summed E-state index contributed by atoms with van der Waals surface area (Å²) in [5.41, 5.74) is 5.85. The maximum atomic E-state index is 12.0. The predicted octanol–water partition coefficient (Wildman–Crippen LogP) is 0.372. The number of amides is 1. The lowest BCUT2D eigenvalue weighted by Gasteiger charge is -2.29. The highest BCUT2D eigenvalue weighted by molar-refractivity contribution is 5.79. The summed E-state index contributed by atoms with van der Waals surface area (Å²) in [6.45, 7) is 1.90. The SMILES string of the molecule is NC1CCC(NC(=O)[C@@H]2CCCNC2)CC1. The summed E-state index contributed by atoms with van der Waals surface area (Å²) in [4.78, 5) is 12.0. The van der Waals surface area contributed by atoms with E-state index < -0.39 is 0 Å². The van der Waals surface area contributed by atoms with Gasteiger partial charge in [0, 0.05) is 18.6 Å². The first-order valence-electron chi connectivity index (χ1n) is 6.52. The highest BCUT2D eigenvalue weighted by atomic mass is 16.2. The second-order valence-corrected chi connectivity index (χ2v) is 5.16. The topological polar surface area (TPSA) is 67.1 Å². The second kappa shape index (κ2) is 5.64. The third-order valence-corrected chi connectivity index (χ3v) is 3.79.